The van der Waals surface area contributed by atoms with Crippen LogP contribution >= 0.6 is 15.6 Å². The predicted octanol–water partition coefficient (Wildman–Crippen LogP) is -7.56. The third-order valence-electron chi connectivity index (χ3n) is 7.33. The molecule has 0 aliphatic carbocycles. The zero-order valence-electron chi connectivity index (χ0n) is 23.4. The lowest BCUT2D eigenvalue weighted by Crippen LogP contribution is -2.66. The topological polar surface area (TPSA) is 411 Å². The number of carbonyl (C=O) groups is 1. The van der Waals surface area contributed by atoms with Crippen LogP contribution < -0.4 is 11.5 Å². The standard InChI is InChI=1S/C20H38N2O22P2/c21-9-13(27)11(25)7(40-17(9)29)3-38-18-10(22)14(28)16(44-46(35,36)37)8(41-18)4-39-20(19(30)31)1-6(43-45(32,33)34)12(26)15(42-20)5(24)2-23/h5-18,23-29H,1-4,21-22H2,(H,30,31)(H2,32,33,34)(H2,35,36,37)/t5-,6-,7-,8-,9-,10-,11-,12-,13-,14-,15-,16-,17+,18-,20-/m1/s1. The molecule has 0 saturated carbocycles. The van der Waals surface area contributed by atoms with E-state index in [4.69, 9.17) is 35.2 Å². The number of carboxylic acids is 1. The first kappa shape index (κ1) is 39.6. The van der Waals surface area contributed by atoms with Crippen LogP contribution in [-0.2, 0) is 46.7 Å². The molecule has 3 heterocycles. The van der Waals surface area contributed by atoms with Gasteiger partial charge < -0.3 is 95.6 Å². The van der Waals surface area contributed by atoms with E-state index < -0.39 is 139 Å². The molecule has 0 aromatic rings. The molecule has 0 aromatic carbocycles. The normalized spacial score (nSPS) is 43.3. The lowest BCUT2D eigenvalue weighted by molar-refractivity contribution is -0.338. The second kappa shape index (κ2) is 15.3. The van der Waals surface area contributed by atoms with E-state index in [0.717, 1.165) is 0 Å². The van der Waals surface area contributed by atoms with Crippen molar-refractivity contribution in [3.8, 4) is 0 Å². The Hall–Kier alpha value is -0.870. The molecule has 0 aromatic heterocycles. The highest BCUT2D eigenvalue weighted by Gasteiger charge is 2.57. The van der Waals surface area contributed by atoms with Crippen LogP contribution in [0.2, 0.25) is 0 Å². The zero-order chi connectivity index (χ0) is 34.9. The summed E-state index contributed by atoms with van der Waals surface area (Å²) in [5.74, 6) is -5.11. The molecule has 3 fully saturated rings. The first-order chi connectivity index (χ1) is 21.1. The molecule has 0 unspecified atom stereocenters. The molecule has 16 N–H and O–H groups in total. The number of aliphatic carboxylic acids is 1. The van der Waals surface area contributed by atoms with Gasteiger partial charge in [-0.05, 0) is 0 Å². The van der Waals surface area contributed by atoms with Gasteiger partial charge in [-0.15, -0.1) is 0 Å². The highest BCUT2D eigenvalue weighted by atomic mass is 31.2. The Morgan fingerprint density at radius 1 is 0.870 bits per heavy atom. The number of ether oxygens (including phenoxy) is 5. The van der Waals surface area contributed by atoms with Crippen LogP contribution in [0.5, 0.6) is 0 Å². The van der Waals surface area contributed by atoms with E-state index in [1.807, 2.05) is 0 Å². The van der Waals surface area contributed by atoms with Gasteiger partial charge in [-0.1, -0.05) is 0 Å². The van der Waals surface area contributed by atoms with E-state index in [9.17, 15) is 74.4 Å². The molecule has 3 rings (SSSR count). The quantitative estimate of drug-likeness (QED) is 0.0785. The Balaban J connectivity index is 1.87. The summed E-state index contributed by atoms with van der Waals surface area (Å²) in [5.41, 5.74) is 11.4. The lowest BCUT2D eigenvalue weighted by atomic mass is 9.92. The van der Waals surface area contributed by atoms with Crippen molar-refractivity contribution in [2.45, 2.75) is 97.9 Å². The summed E-state index contributed by atoms with van der Waals surface area (Å²) < 4.78 is 58.8. The van der Waals surface area contributed by atoms with Crippen molar-refractivity contribution in [2.75, 3.05) is 19.8 Å². The molecule has 0 radical (unpaired) electrons. The highest BCUT2D eigenvalue weighted by Crippen LogP contribution is 2.45. The fourth-order valence-electron chi connectivity index (χ4n) is 4.94. The maximum atomic E-state index is 12.4. The molecule has 24 nitrogen and oxygen atoms in total. The van der Waals surface area contributed by atoms with E-state index in [2.05, 4.69) is 9.05 Å². The first-order valence-electron chi connectivity index (χ1n) is 13.3. The van der Waals surface area contributed by atoms with Crippen LogP contribution in [0.15, 0.2) is 0 Å². The maximum absolute atomic E-state index is 12.4. The van der Waals surface area contributed by atoms with Gasteiger partial charge in [0.1, 0.15) is 61.0 Å². The van der Waals surface area contributed by atoms with E-state index in [1.54, 1.807) is 0 Å². The van der Waals surface area contributed by atoms with Crippen molar-refractivity contribution in [1.29, 1.82) is 0 Å². The average Bonchev–Trinajstić information content (AvgIpc) is 2.95. The minimum atomic E-state index is -5.44. The predicted molar refractivity (Wildman–Crippen MR) is 138 cm³/mol. The molecule has 0 bridgehead atoms. The molecule has 46 heavy (non-hydrogen) atoms. The van der Waals surface area contributed by atoms with Crippen molar-refractivity contribution in [3.05, 3.63) is 0 Å². The van der Waals surface area contributed by atoms with Gasteiger partial charge in [-0.3, -0.25) is 9.05 Å². The monoisotopic (exact) mass is 720 g/mol. The van der Waals surface area contributed by atoms with Gasteiger partial charge >= 0.3 is 21.6 Å². The molecule has 3 aliphatic heterocycles. The Kier molecular flexibility index (Phi) is 13.2. The molecule has 3 aliphatic rings. The molecular weight excluding hydrogens is 682 g/mol. The fourth-order valence-corrected chi connectivity index (χ4v) is 6.07. The van der Waals surface area contributed by atoms with Gasteiger partial charge in [-0.25, -0.2) is 13.9 Å². The van der Waals surface area contributed by atoms with E-state index >= 15 is 0 Å². The van der Waals surface area contributed by atoms with Crippen molar-refractivity contribution in [1.82, 2.24) is 0 Å². The summed E-state index contributed by atoms with van der Waals surface area (Å²) in [6, 6.07) is -3.06. The number of phosphoric acid groups is 2. The molecule has 3 saturated heterocycles. The Morgan fingerprint density at radius 3 is 2.02 bits per heavy atom. The molecule has 26 heteroatoms. The average molecular weight is 720 g/mol. The number of aliphatic hydroxyl groups excluding tert-OH is 7. The summed E-state index contributed by atoms with van der Waals surface area (Å²) in [6.07, 6.45) is -24.0. The summed E-state index contributed by atoms with van der Waals surface area (Å²) in [6.45, 7) is -3.00. The number of aliphatic hydroxyl groups is 7. The van der Waals surface area contributed by atoms with Crippen molar-refractivity contribution < 1.29 is 107 Å². The van der Waals surface area contributed by atoms with Gasteiger partial charge in [0.2, 0.25) is 0 Å². The van der Waals surface area contributed by atoms with E-state index in [1.165, 1.54) is 0 Å². The lowest BCUT2D eigenvalue weighted by Gasteiger charge is -2.47. The number of phosphoric ester groups is 2. The van der Waals surface area contributed by atoms with Crippen LogP contribution in [0.1, 0.15) is 6.42 Å². The van der Waals surface area contributed by atoms with Gasteiger partial charge in [0.25, 0.3) is 5.79 Å². The van der Waals surface area contributed by atoms with Gasteiger partial charge in [0.15, 0.2) is 12.6 Å². The number of carboxylic acid groups (broad SMARTS) is 1. The fraction of sp³-hybridized carbons (Fsp3) is 0.950. The Labute approximate surface area is 258 Å². The maximum Gasteiger partial charge on any atom is 0.470 e. The third kappa shape index (κ3) is 9.42. The van der Waals surface area contributed by atoms with E-state index in [0.29, 0.717) is 0 Å². The SMILES string of the molecule is N[C@@H]1[C@@H](O)[C@H](O)[C@@H](CO[C@@H]2O[C@H](CO[C@]3(C(=O)O)C[C@@H](OP(=O)(O)O)[C@@H](O)[C@@H]([C@H](O)CO)O3)[C@@H](OP(=O)(O)O)[C@H](O)[C@H]2N)O[C@@H]1O. The highest BCUT2D eigenvalue weighted by molar-refractivity contribution is 7.46. The number of nitrogens with two attached hydrogens (primary N) is 2. The zero-order valence-corrected chi connectivity index (χ0v) is 25.2. The van der Waals surface area contributed by atoms with Gasteiger partial charge in [-0.2, -0.15) is 0 Å². The summed E-state index contributed by atoms with van der Waals surface area (Å²) >= 11 is 0. The van der Waals surface area contributed by atoms with Crippen molar-refractivity contribution >= 4 is 21.6 Å². The third-order valence-corrected chi connectivity index (χ3v) is 8.40. The minimum Gasteiger partial charge on any atom is -0.477 e. The number of hydrogen-bond acceptors (Lipinski definition) is 19. The molecule has 0 spiro atoms. The smallest absolute Gasteiger partial charge is 0.470 e. The summed E-state index contributed by atoms with van der Waals surface area (Å²) in [7, 11) is -10.9. The minimum absolute atomic E-state index is 0.702. The largest absolute Gasteiger partial charge is 0.477 e. The first-order valence-corrected chi connectivity index (χ1v) is 16.3. The molecular formula is C20H38N2O22P2. The summed E-state index contributed by atoms with van der Waals surface area (Å²) in [5, 5.41) is 80.8. The van der Waals surface area contributed by atoms with Crippen molar-refractivity contribution in [2.24, 2.45) is 11.5 Å². The van der Waals surface area contributed by atoms with Crippen LogP contribution in [0.4, 0.5) is 0 Å². The Bertz CT molecular complexity index is 1130. The second-order valence-corrected chi connectivity index (χ2v) is 13.0. The summed E-state index contributed by atoms with van der Waals surface area (Å²) in [4.78, 5) is 49.7. The molecule has 0 amide bonds. The van der Waals surface area contributed by atoms with E-state index in [-0.39, 0.29) is 0 Å². The van der Waals surface area contributed by atoms with Crippen LogP contribution in [-0.4, -0.2) is 178 Å². The van der Waals surface area contributed by atoms with Crippen LogP contribution in [0.3, 0.4) is 0 Å². The van der Waals surface area contributed by atoms with Crippen LogP contribution in [0, 0.1) is 0 Å². The molecule has 15 atom stereocenters. The Morgan fingerprint density at radius 2 is 1.48 bits per heavy atom. The van der Waals surface area contributed by atoms with Crippen LogP contribution in [0.25, 0.3) is 0 Å². The number of rotatable bonds is 13. The second-order valence-electron chi connectivity index (χ2n) is 10.7. The van der Waals surface area contributed by atoms with Crippen molar-refractivity contribution in [3.63, 3.8) is 0 Å². The number of hydrogen-bond donors (Lipinski definition) is 14. The van der Waals surface area contributed by atoms with Gasteiger partial charge in [0, 0.05) is 6.42 Å². The molecule has 270 valence electrons. The van der Waals surface area contributed by atoms with Gasteiger partial charge in [0.05, 0.1) is 31.9 Å².